The van der Waals surface area contributed by atoms with Gasteiger partial charge in [-0.25, -0.2) is 0 Å². The predicted octanol–water partition coefficient (Wildman–Crippen LogP) is 5.83. The molecule has 156 valence electrons. The zero-order chi connectivity index (χ0) is 21.4. The summed E-state index contributed by atoms with van der Waals surface area (Å²) in [6.07, 6.45) is 0. The van der Waals surface area contributed by atoms with E-state index in [4.69, 9.17) is 13.6 Å². The average molecular weight is 452 g/mol. The van der Waals surface area contributed by atoms with Crippen LogP contribution in [0.1, 0.15) is 6.92 Å². The van der Waals surface area contributed by atoms with E-state index in [1.54, 1.807) is 20.1 Å². The Kier molecular flexibility index (Phi) is 5.13. The second kappa shape index (κ2) is 8.09. The van der Waals surface area contributed by atoms with E-state index in [1.807, 2.05) is 47.8 Å². The van der Waals surface area contributed by atoms with E-state index < -0.39 is 5.25 Å². The number of rotatable bonds is 6. The van der Waals surface area contributed by atoms with Gasteiger partial charge >= 0.3 is 0 Å². The summed E-state index contributed by atoms with van der Waals surface area (Å²) >= 11 is 2.71. The molecule has 9 heteroatoms. The molecule has 0 aliphatic heterocycles. The van der Waals surface area contributed by atoms with Crippen LogP contribution in [0.25, 0.3) is 32.7 Å². The number of thioether (sulfide) groups is 1. The number of benzene rings is 2. The molecule has 1 amide bonds. The van der Waals surface area contributed by atoms with Gasteiger partial charge in [0.15, 0.2) is 0 Å². The largest absolute Gasteiger partial charge is 0.495 e. The molecule has 2 aromatic carbocycles. The monoisotopic (exact) mass is 451 g/mol. The number of nitrogens with one attached hydrogen (secondary N) is 1. The first-order valence-electron chi connectivity index (χ1n) is 9.46. The Morgan fingerprint density at radius 1 is 1.10 bits per heavy atom. The highest BCUT2D eigenvalue weighted by Gasteiger charge is 2.21. The lowest BCUT2D eigenvalue weighted by atomic mass is 10.1. The Hall–Kier alpha value is -3.30. The van der Waals surface area contributed by atoms with Gasteiger partial charge in [0.1, 0.15) is 16.9 Å². The van der Waals surface area contributed by atoms with Crippen molar-refractivity contribution in [2.75, 3.05) is 12.4 Å². The predicted molar refractivity (Wildman–Crippen MR) is 122 cm³/mol. The maximum Gasteiger partial charge on any atom is 0.277 e. The third-order valence-corrected chi connectivity index (χ3v) is 6.53. The smallest absolute Gasteiger partial charge is 0.277 e. The standard InChI is InChI=1S/C22H17N3O4S2/c1-12(31-22-25-24-21(29-22)19-8-5-9-30-19)20(26)23-15-11-17-14(10-18(15)27-2)13-6-3-4-7-16(13)28-17/h3-12H,1-2H3,(H,23,26)/t12-/m0/s1. The number of anilines is 1. The van der Waals surface area contributed by atoms with Crippen molar-refractivity contribution in [2.45, 2.75) is 17.4 Å². The summed E-state index contributed by atoms with van der Waals surface area (Å²) in [5.74, 6) is 0.791. The van der Waals surface area contributed by atoms with Crippen molar-refractivity contribution in [3.8, 4) is 16.5 Å². The number of para-hydroxylation sites is 1. The number of fused-ring (bicyclic) bond motifs is 3. The molecule has 3 heterocycles. The minimum atomic E-state index is -0.465. The third kappa shape index (κ3) is 3.77. The molecule has 0 saturated carbocycles. The van der Waals surface area contributed by atoms with Gasteiger partial charge in [-0.1, -0.05) is 36.0 Å². The van der Waals surface area contributed by atoms with Gasteiger partial charge in [0.05, 0.1) is 22.9 Å². The normalized spacial score (nSPS) is 12.3. The maximum absolute atomic E-state index is 12.8. The Bertz CT molecular complexity index is 1370. The van der Waals surface area contributed by atoms with Crippen LogP contribution in [0.3, 0.4) is 0 Å². The number of amides is 1. The first kappa shape index (κ1) is 19.7. The number of carbonyl (C=O) groups excluding carboxylic acids is 1. The third-order valence-electron chi connectivity index (χ3n) is 4.74. The molecule has 0 unspecified atom stereocenters. The second-order valence-electron chi connectivity index (χ2n) is 6.75. The summed E-state index contributed by atoms with van der Waals surface area (Å²) in [5.41, 5.74) is 2.00. The molecule has 0 bridgehead atoms. The average Bonchev–Trinajstić information content (AvgIpc) is 3.52. The Balaban J connectivity index is 1.36. The zero-order valence-electron chi connectivity index (χ0n) is 16.6. The molecule has 5 aromatic rings. The number of carbonyl (C=O) groups is 1. The second-order valence-corrected chi connectivity index (χ2v) is 8.99. The minimum Gasteiger partial charge on any atom is -0.495 e. The van der Waals surface area contributed by atoms with Crippen molar-refractivity contribution < 1.29 is 18.4 Å². The molecule has 0 aliphatic rings. The summed E-state index contributed by atoms with van der Waals surface area (Å²) in [5, 5.41) is 14.7. The Morgan fingerprint density at radius 3 is 2.77 bits per heavy atom. The van der Waals surface area contributed by atoms with Gasteiger partial charge < -0.3 is 18.9 Å². The molecule has 7 nitrogen and oxygen atoms in total. The molecular weight excluding hydrogens is 434 g/mol. The first-order valence-corrected chi connectivity index (χ1v) is 11.2. The highest BCUT2D eigenvalue weighted by Crippen LogP contribution is 2.37. The topological polar surface area (TPSA) is 90.4 Å². The number of furan rings is 1. The van der Waals surface area contributed by atoms with Crippen LogP contribution in [0.15, 0.2) is 68.0 Å². The quantitative estimate of drug-likeness (QED) is 0.325. The molecule has 0 fully saturated rings. The lowest BCUT2D eigenvalue weighted by Crippen LogP contribution is -2.22. The van der Waals surface area contributed by atoms with E-state index in [9.17, 15) is 4.79 Å². The fraction of sp³-hybridized carbons (Fsp3) is 0.136. The van der Waals surface area contributed by atoms with E-state index in [2.05, 4.69) is 15.5 Å². The Morgan fingerprint density at radius 2 is 1.97 bits per heavy atom. The van der Waals surface area contributed by atoms with E-state index in [-0.39, 0.29) is 5.91 Å². The summed E-state index contributed by atoms with van der Waals surface area (Å²) in [7, 11) is 1.57. The van der Waals surface area contributed by atoms with Crippen LogP contribution in [0.2, 0.25) is 0 Å². The van der Waals surface area contributed by atoms with Crippen LogP contribution in [-0.4, -0.2) is 28.5 Å². The van der Waals surface area contributed by atoms with Gasteiger partial charge in [0.2, 0.25) is 5.91 Å². The summed E-state index contributed by atoms with van der Waals surface area (Å²) in [6.45, 7) is 1.78. The number of ether oxygens (including phenoxy) is 1. The molecule has 0 aliphatic carbocycles. The molecule has 0 spiro atoms. The number of nitrogens with zero attached hydrogens (tertiary/aromatic N) is 2. The molecule has 5 rings (SSSR count). The fourth-order valence-electron chi connectivity index (χ4n) is 3.21. The van der Waals surface area contributed by atoms with Gasteiger partial charge in [-0.15, -0.1) is 21.5 Å². The van der Waals surface area contributed by atoms with Gasteiger partial charge in [-0.2, -0.15) is 0 Å². The minimum absolute atomic E-state index is 0.213. The van der Waals surface area contributed by atoms with Crippen LogP contribution >= 0.6 is 23.1 Å². The van der Waals surface area contributed by atoms with Crippen molar-refractivity contribution in [1.29, 1.82) is 0 Å². The first-order chi connectivity index (χ1) is 15.1. The molecular formula is C22H17N3O4S2. The number of aromatic nitrogens is 2. The lowest BCUT2D eigenvalue weighted by molar-refractivity contribution is -0.115. The van der Waals surface area contributed by atoms with Gasteiger partial charge in [-0.05, 0) is 30.5 Å². The van der Waals surface area contributed by atoms with Crippen molar-refractivity contribution in [3.05, 3.63) is 53.9 Å². The lowest BCUT2D eigenvalue weighted by Gasteiger charge is -2.13. The van der Waals surface area contributed by atoms with Crippen LogP contribution in [0, 0.1) is 0 Å². The van der Waals surface area contributed by atoms with Gasteiger partial charge in [0, 0.05) is 16.8 Å². The van der Waals surface area contributed by atoms with Crippen molar-refractivity contribution in [3.63, 3.8) is 0 Å². The molecule has 1 atom stereocenters. The number of hydrogen-bond donors (Lipinski definition) is 1. The summed E-state index contributed by atoms with van der Waals surface area (Å²) < 4.78 is 17.1. The molecule has 0 radical (unpaired) electrons. The van der Waals surface area contributed by atoms with Crippen molar-refractivity contribution >= 4 is 56.6 Å². The van der Waals surface area contributed by atoms with Crippen LogP contribution in [-0.2, 0) is 4.79 Å². The highest BCUT2D eigenvalue weighted by atomic mass is 32.2. The molecule has 1 N–H and O–H groups in total. The molecule has 3 aromatic heterocycles. The van der Waals surface area contributed by atoms with E-state index in [1.165, 1.54) is 23.1 Å². The molecule has 0 saturated heterocycles. The number of methoxy groups -OCH3 is 1. The highest BCUT2D eigenvalue weighted by molar-refractivity contribution is 8.00. The maximum atomic E-state index is 12.8. The molecule has 31 heavy (non-hydrogen) atoms. The summed E-state index contributed by atoms with van der Waals surface area (Å²) in [4.78, 5) is 13.7. The summed E-state index contributed by atoms with van der Waals surface area (Å²) in [6, 6.07) is 15.3. The van der Waals surface area contributed by atoms with E-state index >= 15 is 0 Å². The number of hydrogen-bond acceptors (Lipinski definition) is 8. The Labute approximate surface area is 185 Å². The fourth-order valence-corrected chi connectivity index (χ4v) is 4.54. The SMILES string of the molecule is COc1cc2c(cc1NC(=O)[C@H](C)Sc1nnc(-c3cccs3)o1)oc1ccccc12. The van der Waals surface area contributed by atoms with E-state index in [0.717, 1.165) is 21.2 Å². The van der Waals surface area contributed by atoms with Crippen molar-refractivity contribution in [1.82, 2.24) is 10.2 Å². The van der Waals surface area contributed by atoms with Crippen LogP contribution < -0.4 is 10.1 Å². The van der Waals surface area contributed by atoms with E-state index in [0.29, 0.717) is 28.1 Å². The van der Waals surface area contributed by atoms with Gasteiger partial charge in [-0.3, -0.25) is 4.79 Å². The van der Waals surface area contributed by atoms with Crippen molar-refractivity contribution in [2.24, 2.45) is 0 Å². The number of thiophene rings is 1. The van der Waals surface area contributed by atoms with Crippen LogP contribution in [0.4, 0.5) is 5.69 Å². The van der Waals surface area contributed by atoms with Gasteiger partial charge in [0.25, 0.3) is 11.1 Å². The zero-order valence-corrected chi connectivity index (χ0v) is 18.3. The van der Waals surface area contributed by atoms with Crippen LogP contribution in [0.5, 0.6) is 5.75 Å².